The Morgan fingerprint density at radius 1 is 1.11 bits per heavy atom. The highest BCUT2D eigenvalue weighted by Crippen LogP contribution is 2.25. The van der Waals surface area contributed by atoms with Crippen molar-refractivity contribution in [3.8, 4) is 0 Å². The van der Waals surface area contributed by atoms with Crippen LogP contribution in [-0.4, -0.2) is 27.0 Å². The standard InChI is InChI=1S/C20H16N4O3S/c1-10-7-14-15(8-11(10)2)22-19(21-14)23-17(25)13-5-3-12(4-6-13)9-16-18(26)24-20(27)28-16/h3-9H,1-2H3,(H,24,26,27)(H2,21,22,23,25)/b16-9-. The van der Waals surface area contributed by atoms with Crippen LogP contribution in [0.15, 0.2) is 41.3 Å². The molecule has 1 saturated heterocycles. The van der Waals surface area contributed by atoms with Gasteiger partial charge in [-0.2, -0.15) is 0 Å². The van der Waals surface area contributed by atoms with Gasteiger partial charge in [0, 0.05) is 5.56 Å². The van der Waals surface area contributed by atoms with Crippen molar-refractivity contribution in [2.75, 3.05) is 5.32 Å². The summed E-state index contributed by atoms with van der Waals surface area (Å²) in [6.07, 6.45) is 1.61. The molecule has 0 spiro atoms. The average molecular weight is 392 g/mol. The van der Waals surface area contributed by atoms with E-state index in [9.17, 15) is 14.4 Å². The predicted octanol–water partition coefficient (Wildman–Crippen LogP) is 3.76. The number of nitrogens with one attached hydrogen (secondary N) is 3. The van der Waals surface area contributed by atoms with E-state index < -0.39 is 5.91 Å². The van der Waals surface area contributed by atoms with Gasteiger partial charge in [0.15, 0.2) is 0 Å². The summed E-state index contributed by atoms with van der Waals surface area (Å²) in [5.74, 6) is -0.323. The fourth-order valence-electron chi connectivity index (χ4n) is 2.81. The zero-order chi connectivity index (χ0) is 19.8. The molecule has 0 atom stereocenters. The number of H-pyrrole nitrogens is 1. The number of anilines is 1. The first kappa shape index (κ1) is 18.0. The van der Waals surface area contributed by atoms with Gasteiger partial charge in [0.1, 0.15) is 0 Å². The van der Waals surface area contributed by atoms with Gasteiger partial charge in [-0.25, -0.2) is 4.98 Å². The Morgan fingerprint density at radius 3 is 2.50 bits per heavy atom. The number of hydrogen-bond acceptors (Lipinski definition) is 5. The van der Waals surface area contributed by atoms with Crippen molar-refractivity contribution in [1.29, 1.82) is 0 Å². The van der Waals surface area contributed by atoms with Crippen LogP contribution in [0.5, 0.6) is 0 Å². The summed E-state index contributed by atoms with van der Waals surface area (Å²) in [6.45, 7) is 4.04. The second-order valence-electron chi connectivity index (χ2n) is 6.47. The number of hydrogen-bond donors (Lipinski definition) is 3. The lowest BCUT2D eigenvalue weighted by atomic mass is 10.1. The van der Waals surface area contributed by atoms with Crippen LogP contribution in [0.3, 0.4) is 0 Å². The summed E-state index contributed by atoms with van der Waals surface area (Å²) in [5.41, 5.74) is 5.12. The molecule has 140 valence electrons. The monoisotopic (exact) mass is 392 g/mol. The van der Waals surface area contributed by atoms with Gasteiger partial charge in [-0.3, -0.25) is 25.0 Å². The third-order valence-corrected chi connectivity index (χ3v) is 5.25. The second-order valence-corrected chi connectivity index (χ2v) is 7.48. The number of aromatic amines is 1. The first-order chi connectivity index (χ1) is 13.4. The summed E-state index contributed by atoms with van der Waals surface area (Å²) >= 11 is 0.854. The predicted molar refractivity (Wildman–Crippen MR) is 109 cm³/mol. The molecule has 4 rings (SSSR count). The van der Waals surface area contributed by atoms with E-state index in [1.54, 1.807) is 30.3 Å². The molecule has 7 nitrogen and oxygen atoms in total. The molecule has 3 amide bonds. The van der Waals surface area contributed by atoms with Crippen LogP contribution in [0, 0.1) is 13.8 Å². The number of rotatable bonds is 3. The van der Waals surface area contributed by atoms with Gasteiger partial charge >= 0.3 is 0 Å². The van der Waals surface area contributed by atoms with Gasteiger partial charge in [-0.15, -0.1) is 0 Å². The number of imidazole rings is 1. The molecule has 0 bridgehead atoms. The number of amides is 3. The third kappa shape index (κ3) is 3.54. The van der Waals surface area contributed by atoms with E-state index in [-0.39, 0.29) is 11.1 Å². The second kappa shape index (κ2) is 6.97. The SMILES string of the molecule is Cc1cc2nc(NC(=O)c3ccc(/C=C4\SC(=O)NC4=O)cc3)[nH]c2cc1C. The lowest BCUT2D eigenvalue weighted by Gasteiger charge is -2.02. The number of aryl methyl sites for hydroxylation is 2. The Hall–Kier alpha value is -3.39. The number of carbonyl (C=O) groups is 3. The molecule has 1 aromatic heterocycles. The Labute approximate surface area is 164 Å². The molecular formula is C20H16N4O3S. The Kier molecular flexibility index (Phi) is 4.48. The lowest BCUT2D eigenvalue weighted by molar-refractivity contribution is -0.115. The third-order valence-electron chi connectivity index (χ3n) is 4.44. The van der Waals surface area contributed by atoms with E-state index >= 15 is 0 Å². The van der Waals surface area contributed by atoms with Crippen LogP contribution in [0.25, 0.3) is 17.1 Å². The van der Waals surface area contributed by atoms with Crippen LogP contribution in [0.1, 0.15) is 27.0 Å². The number of thioether (sulfide) groups is 1. The van der Waals surface area contributed by atoms with E-state index in [0.717, 1.165) is 39.5 Å². The minimum absolute atomic E-state index is 0.296. The summed E-state index contributed by atoms with van der Waals surface area (Å²) in [4.78, 5) is 43.1. The Bertz CT molecular complexity index is 1120. The largest absolute Gasteiger partial charge is 0.324 e. The van der Waals surface area contributed by atoms with E-state index in [2.05, 4.69) is 20.6 Å². The molecule has 28 heavy (non-hydrogen) atoms. The maximum atomic E-state index is 12.5. The zero-order valence-electron chi connectivity index (χ0n) is 15.1. The minimum Gasteiger partial charge on any atom is -0.324 e. The highest BCUT2D eigenvalue weighted by molar-refractivity contribution is 8.18. The smallest absolute Gasteiger partial charge is 0.290 e. The zero-order valence-corrected chi connectivity index (χ0v) is 15.9. The van der Waals surface area contributed by atoms with Crippen molar-refractivity contribution in [1.82, 2.24) is 15.3 Å². The fourth-order valence-corrected chi connectivity index (χ4v) is 3.49. The van der Waals surface area contributed by atoms with E-state index in [1.165, 1.54) is 0 Å². The molecule has 1 aliphatic heterocycles. The molecule has 0 radical (unpaired) electrons. The number of carbonyl (C=O) groups excluding carboxylic acids is 3. The van der Waals surface area contributed by atoms with E-state index in [1.807, 2.05) is 26.0 Å². The summed E-state index contributed by atoms with van der Waals surface area (Å²) in [7, 11) is 0. The maximum absolute atomic E-state index is 12.5. The molecule has 3 N–H and O–H groups in total. The van der Waals surface area contributed by atoms with E-state index in [0.29, 0.717) is 16.4 Å². The molecule has 2 aromatic carbocycles. The van der Waals surface area contributed by atoms with Crippen molar-refractivity contribution in [2.24, 2.45) is 0 Å². The highest BCUT2D eigenvalue weighted by atomic mass is 32.2. The number of imide groups is 1. The Morgan fingerprint density at radius 2 is 1.82 bits per heavy atom. The molecule has 1 fully saturated rings. The van der Waals surface area contributed by atoms with Crippen LogP contribution in [0.4, 0.5) is 10.7 Å². The molecule has 0 unspecified atom stereocenters. The molecule has 0 aliphatic carbocycles. The van der Waals surface area contributed by atoms with Gasteiger partial charge < -0.3 is 4.98 Å². The number of fused-ring (bicyclic) bond motifs is 1. The normalized spacial score (nSPS) is 15.3. The van der Waals surface area contributed by atoms with Crippen molar-refractivity contribution >= 4 is 51.9 Å². The first-order valence-corrected chi connectivity index (χ1v) is 9.34. The molecule has 2 heterocycles. The maximum Gasteiger partial charge on any atom is 0.290 e. The van der Waals surface area contributed by atoms with Gasteiger partial charge in [-0.1, -0.05) is 12.1 Å². The lowest BCUT2D eigenvalue weighted by Crippen LogP contribution is -2.17. The fraction of sp³-hybridized carbons (Fsp3) is 0.100. The quantitative estimate of drug-likeness (QED) is 0.589. The van der Waals surface area contributed by atoms with Gasteiger partial charge in [-0.05, 0) is 72.6 Å². The first-order valence-electron chi connectivity index (χ1n) is 8.52. The molecule has 0 saturated carbocycles. The highest BCUT2D eigenvalue weighted by Gasteiger charge is 2.24. The summed E-state index contributed by atoms with van der Waals surface area (Å²) < 4.78 is 0. The van der Waals surface area contributed by atoms with Gasteiger partial charge in [0.25, 0.3) is 17.1 Å². The van der Waals surface area contributed by atoms with E-state index in [4.69, 9.17) is 0 Å². The van der Waals surface area contributed by atoms with Crippen molar-refractivity contribution in [3.63, 3.8) is 0 Å². The number of aromatic nitrogens is 2. The van der Waals surface area contributed by atoms with Crippen LogP contribution < -0.4 is 10.6 Å². The van der Waals surface area contributed by atoms with Crippen LogP contribution >= 0.6 is 11.8 Å². The molecular weight excluding hydrogens is 376 g/mol. The van der Waals surface area contributed by atoms with Crippen molar-refractivity contribution < 1.29 is 14.4 Å². The van der Waals surface area contributed by atoms with Crippen LogP contribution in [0.2, 0.25) is 0 Å². The van der Waals surface area contributed by atoms with Crippen LogP contribution in [-0.2, 0) is 4.79 Å². The topological polar surface area (TPSA) is 104 Å². The summed E-state index contributed by atoms with van der Waals surface area (Å²) in [5, 5.41) is 4.58. The van der Waals surface area contributed by atoms with Crippen molar-refractivity contribution in [3.05, 3.63) is 63.6 Å². The minimum atomic E-state index is -0.410. The molecule has 1 aliphatic rings. The summed E-state index contributed by atoms with van der Waals surface area (Å²) in [6, 6.07) is 10.7. The van der Waals surface area contributed by atoms with Crippen molar-refractivity contribution in [2.45, 2.75) is 13.8 Å². The average Bonchev–Trinajstić information content (AvgIpc) is 3.17. The number of nitrogens with zero attached hydrogens (tertiary/aromatic N) is 1. The molecule has 3 aromatic rings. The molecule has 8 heteroatoms. The van der Waals surface area contributed by atoms with Gasteiger partial charge in [0.2, 0.25) is 5.95 Å². The van der Waals surface area contributed by atoms with Gasteiger partial charge in [0.05, 0.1) is 15.9 Å². The Balaban J connectivity index is 1.50. The number of benzene rings is 2.